The first-order valence-corrected chi connectivity index (χ1v) is 6.77. The Morgan fingerprint density at radius 1 is 1.52 bits per heavy atom. The predicted molar refractivity (Wildman–Crippen MR) is 76.0 cm³/mol. The summed E-state index contributed by atoms with van der Waals surface area (Å²) in [4.78, 5) is 22.7. The van der Waals surface area contributed by atoms with Crippen molar-refractivity contribution in [3.63, 3.8) is 0 Å². The second kappa shape index (κ2) is 8.96. The van der Waals surface area contributed by atoms with Crippen molar-refractivity contribution in [2.45, 2.75) is 25.3 Å². The number of nitrogens with zero attached hydrogens (tertiary/aromatic N) is 2. The van der Waals surface area contributed by atoms with Crippen molar-refractivity contribution >= 4 is 12.0 Å². The standard InChI is InChI=1S/C13H22N4O4/c1-17-8-6-10(16-17)5-7-14-13(20)15-11(12(18)19)4-3-9-21-2/h6,8,11H,3-5,7,9H2,1-2H3,(H,18,19)(H2,14,15,20). The largest absolute Gasteiger partial charge is 0.480 e. The topological polar surface area (TPSA) is 105 Å². The van der Waals surface area contributed by atoms with Gasteiger partial charge in [0.05, 0.1) is 5.69 Å². The maximum atomic E-state index is 11.6. The Morgan fingerprint density at radius 3 is 2.86 bits per heavy atom. The summed E-state index contributed by atoms with van der Waals surface area (Å²) >= 11 is 0. The number of hydrogen-bond donors (Lipinski definition) is 3. The lowest BCUT2D eigenvalue weighted by atomic mass is 10.1. The molecule has 1 aromatic heterocycles. The first-order chi connectivity index (χ1) is 10.0. The minimum Gasteiger partial charge on any atom is -0.480 e. The lowest BCUT2D eigenvalue weighted by molar-refractivity contribution is -0.139. The molecule has 8 heteroatoms. The number of methoxy groups -OCH3 is 1. The Hall–Kier alpha value is -2.09. The zero-order valence-corrected chi connectivity index (χ0v) is 12.3. The maximum Gasteiger partial charge on any atom is 0.326 e. The highest BCUT2D eigenvalue weighted by Gasteiger charge is 2.19. The summed E-state index contributed by atoms with van der Waals surface area (Å²) in [6.45, 7) is 0.861. The first kappa shape index (κ1) is 17.0. The summed E-state index contributed by atoms with van der Waals surface area (Å²) in [5.41, 5.74) is 0.868. The summed E-state index contributed by atoms with van der Waals surface area (Å²) in [5, 5.41) is 18.3. The third kappa shape index (κ3) is 6.75. The molecular formula is C13H22N4O4. The van der Waals surface area contributed by atoms with E-state index < -0.39 is 18.0 Å². The van der Waals surface area contributed by atoms with Crippen LogP contribution >= 0.6 is 0 Å². The smallest absolute Gasteiger partial charge is 0.326 e. The highest BCUT2D eigenvalue weighted by molar-refractivity contribution is 5.82. The van der Waals surface area contributed by atoms with Crippen LogP contribution in [-0.2, 0) is 23.0 Å². The number of carbonyl (C=O) groups excluding carboxylic acids is 1. The molecule has 0 saturated carbocycles. The van der Waals surface area contributed by atoms with Gasteiger partial charge in [-0.2, -0.15) is 5.10 Å². The van der Waals surface area contributed by atoms with E-state index in [-0.39, 0.29) is 0 Å². The van der Waals surface area contributed by atoms with Crippen molar-refractivity contribution in [1.82, 2.24) is 20.4 Å². The SMILES string of the molecule is COCCCC(NC(=O)NCCc1ccn(C)n1)C(=O)O. The molecule has 0 saturated heterocycles. The second-order valence-corrected chi connectivity index (χ2v) is 4.66. The van der Waals surface area contributed by atoms with Crippen molar-refractivity contribution < 1.29 is 19.4 Å². The average Bonchev–Trinajstić information content (AvgIpc) is 2.83. The number of nitrogens with one attached hydrogen (secondary N) is 2. The van der Waals surface area contributed by atoms with Crippen LogP contribution in [0.25, 0.3) is 0 Å². The van der Waals surface area contributed by atoms with Gasteiger partial charge in [-0.05, 0) is 18.9 Å². The van der Waals surface area contributed by atoms with E-state index in [1.54, 1.807) is 11.8 Å². The van der Waals surface area contributed by atoms with Gasteiger partial charge < -0.3 is 20.5 Å². The molecule has 1 aromatic rings. The van der Waals surface area contributed by atoms with Gasteiger partial charge in [0.15, 0.2) is 0 Å². The van der Waals surface area contributed by atoms with E-state index >= 15 is 0 Å². The van der Waals surface area contributed by atoms with Crippen LogP contribution in [0.5, 0.6) is 0 Å². The van der Waals surface area contributed by atoms with Gasteiger partial charge in [0.1, 0.15) is 6.04 Å². The minimum atomic E-state index is -1.05. The van der Waals surface area contributed by atoms with Crippen LogP contribution in [0.1, 0.15) is 18.5 Å². The van der Waals surface area contributed by atoms with Gasteiger partial charge >= 0.3 is 12.0 Å². The first-order valence-electron chi connectivity index (χ1n) is 6.77. The zero-order chi connectivity index (χ0) is 15.7. The van der Waals surface area contributed by atoms with Crippen LogP contribution in [0.2, 0.25) is 0 Å². The number of carbonyl (C=O) groups is 2. The fourth-order valence-corrected chi connectivity index (χ4v) is 1.80. The van der Waals surface area contributed by atoms with Crippen LogP contribution in [0.4, 0.5) is 4.79 Å². The number of urea groups is 1. The van der Waals surface area contributed by atoms with Crippen molar-refractivity contribution in [3.8, 4) is 0 Å². The third-order valence-electron chi connectivity index (χ3n) is 2.88. The Morgan fingerprint density at radius 2 is 2.29 bits per heavy atom. The van der Waals surface area contributed by atoms with E-state index in [2.05, 4.69) is 15.7 Å². The van der Waals surface area contributed by atoms with Crippen molar-refractivity contribution in [3.05, 3.63) is 18.0 Å². The number of ether oxygens (including phenoxy) is 1. The highest BCUT2D eigenvalue weighted by Crippen LogP contribution is 1.98. The van der Waals surface area contributed by atoms with Crippen LogP contribution < -0.4 is 10.6 Å². The Kier molecular flexibility index (Phi) is 7.24. The fraction of sp³-hybridized carbons (Fsp3) is 0.615. The van der Waals surface area contributed by atoms with Gasteiger partial charge in [-0.15, -0.1) is 0 Å². The van der Waals surface area contributed by atoms with Crippen LogP contribution in [0.3, 0.4) is 0 Å². The van der Waals surface area contributed by atoms with Gasteiger partial charge in [-0.3, -0.25) is 4.68 Å². The van der Waals surface area contributed by atoms with Crippen molar-refractivity contribution in [1.29, 1.82) is 0 Å². The van der Waals surface area contributed by atoms with Crippen LogP contribution in [0, 0.1) is 0 Å². The molecule has 0 fully saturated rings. The normalized spacial score (nSPS) is 11.9. The number of aryl methyl sites for hydroxylation is 1. The zero-order valence-electron chi connectivity index (χ0n) is 12.3. The number of amides is 2. The predicted octanol–water partition coefficient (Wildman–Crippen LogP) is 0.142. The van der Waals surface area contributed by atoms with E-state index in [0.29, 0.717) is 32.4 Å². The molecule has 8 nitrogen and oxygen atoms in total. The molecule has 0 bridgehead atoms. The van der Waals surface area contributed by atoms with Crippen molar-refractivity contribution in [2.24, 2.45) is 7.05 Å². The second-order valence-electron chi connectivity index (χ2n) is 4.66. The molecule has 0 radical (unpaired) electrons. The van der Waals surface area contributed by atoms with Gasteiger partial charge in [0, 0.05) is 39.9 Å². The van der Waals surface area contributed by atoms with E-state index in [1.165, 1.54) is 0 Å². The van der Waals surface area contributed by atoms with Gasteiger partial charge in [0.25, 0.3) is 0 Å². The lowest BCUT2D eigenvalue weighted by Crippen LogP contribution is -2.46. The fourth-order valence-electron chi connectivity index (χ4n) is 1.80. The van der Waals surface area contributed by atoms with Crippen LogP contribution in [-0.4, -0.2) is 53.2 Å². The molecule has 0 aliphatic carbocycles. The minimum absolute atomic E-state index is 0.330. The van der Waals surface area contributed by atoms with E-state index in [9.17, 15) is 9.59 Å². The molecule has 3 N–H and O–H groups in total. The highest BCUT2D eigenvalue weighted by atomic mass is 16.5. The molecule has 0 aliphatic heterocycles. The molecule has 118 valence electrons. The quantitative estimate of drug-likeness (QED) is 0.562. The molecule has 21 heavy (non-hydrogen) atoms. The van der Waals surface area contributed by atoms with E-state index in [1.807, 2.05) is 19.3 Å². The monoisotopic (exact) mass is 298 g/mol. The summed E-state index contributed by atoms with van der Waals surface area (Å²) in [6, 6.07) is 0.468. The van der Waals surface area contributed by atoms with E-state index in [0.717, 1.165) is 5.69 Å². The number of carboxylic acids is 1. The number of aliphatic carboxylic acids is 1. The number of rotatable bonds is 9. The summed E-state index contributed by atoms with van der Waals surface area (Å²) in [6.07, 6.45) is 3.32. The Balaban J connectivity index is 2.27. The molecule has 2 amide bonds. The van der Waals surface area contributed by atoms with Gasteiger partial charge in [-0.25, -0.2) is 9.59 Å². The Bertz CT molecular complexity index is 461. The molecule has 0 aliphatic rings. The summed E-state index contributed by atoms with van der Waals surface area (Å²) < 4.78 is 6.55. The van der Waals surface area contributed by atoms with Crippen molar-refractivity contribution in [2.75, 3.05) is 20.3 Å². The van der Waals surface area contributed by atoms with Crippen LogP contribution in [0.15, 0.2) is 12.3 Å². The molecule has 0 aromatic carbocycles. The summed E-state index contributed by atoms with van der Waals surface area (Å²) in [7, 11) is 3.37. The van der Waals surface area contributed by atoms with Gasteiger partial charge in [-0.1, -0.05) is 0 Å². The third-order valence-corrected chi connectivity index (χ3v) is 2.88. The average molecular weight is 298 g/mol. The number of aromatic nitrogens is 2. The molecule has 1 heterocycles. The van der Waals surface area contributed by atoms with E-state index in [4.69, 9.17) is 9.84 Å². The number of hydrogen-bond acceptors (Lipinski definition) is 4. The number of carboxylic acid groups (broad SMARTS) is 1. The maximum absolute atomic E-state index is 11.6. The van der Waals surface area contributed by atoms with Gasteiger partial charge in [0.2, 0.25) is 0 Å². The molecule has 0 spiro atoms. The Labute approximate surface area is 123 Å². The molecular weight excluding hydrogens is 276 g/mol. The molecule has 1 rings (SSSR count). The molecule has 1 unspecified atom stereocenters. The summed E-state index contributed by atoms with van der Waals surface area (Å²) in [5.74, 6) is -1.05. The lowest BCUT2D eigenvalue weighted by Gasteiger charge is -2.14. The molecule has 1 atom stereocenters.